The molecule has 0 spiro atoms. The number of nitrogens with zero attached hydrogens (tertiary/aromatic N) is 4. The molecule has 34 heavy (non-hydrogen) atoms. The van der Waals surface area contributed by atoms with Gasteiger partial charge in [-0.25, -0.2) is 14.8 Å². The topological polar surface area (TPSA) is 103 Å². The number of amides is 2. The largest absolute Gasteiger partial charge is 0.439 e. The van der Waals surface area contributed by atoms with Gasteiger partial charge in [0.1, 0.15) is 29.0 Å². The summed E-state index contributed by atoms with van der Waals surface area (Å²) in [4.78, 5) is 25.2. The number of imidazole rings is 1. The molecular weight excluding hydrogens is 446 g/mol. The molecule has 0 bridgehead atoms. The van der Waals surface area contributed by atoms with Crippen molar-refractivity contribution in [3.8, 4) is 23.2 Å². The molecule has 4 aromatic rings. The molecule has 0 atom stereocenters. The molecule has 0 aliphatic heterocycles. The highest BCUT2D eigenvalue weighted by Gasteiger charge is 2.10. The minimum atomic E-state index is -2.95. The first kappa shape index (κ1) is 22.6. The Morgan fingerprint density at radius 3 is 2.44 bits per heavy atom. The summed E-state index contributed by atoms with van der Waals surface area (Å²) >= 11 is 0. The molecule has 4 rings (SSSR count). The summed E-state index contributed by atoms with van der Waals surface area (Å²) in [5.74, 6) is 2.77. The second-order valence-corrected chi connectivity index (χ2v) is 7.07. The highest BCUT2D eigenvalue weighted by Crippen LogP contribution is 2.24. The summed E-state index contributed by atoms with van der Waals surface area (Å²) in [6, 6.07) is 13.5. The van der Waals surface area contributed by atoms with Crippen molar-refractivity contribution in [3.05, 3.63) is 78.6 Å². The van der Waals surface area contributed by atoms with Gasteiger partial charge in [0.2, 0.25) is 5.88 Å². The number of urea groups is 1. The number of ether oxygens (including phenoxy) is 2. The smallest absolute Gasteiger partial charge is 0.387 e. The molecule has 2 aromatic carbocycles. The Kier molecular flexibility index (Phi) is 6.62. The third-order valence-electron chi connectivity index (χ3n) is 4.53. The molecular formula is C23H20F2N6O3. The Balaban J connectivity index is 1.39. The molecule has 0 fully saturated rings. The molecule has 0 radical (unpaired) electrons. The minimum Gasteiger partial charge on any atom is -0.439 e. The molecule has 9 nitrogen and oxygen atoms in total. The number of hydrogen-bond acceptors (Lipinski definition) is 6. The Hall–Kier alpha value is -4.54. The Morgan fingerprint density at radius 1 is 0.971 bits per heavy atom. The summed E-state index contributed by atoms with van der Waals surface area (Å²) in [6.45, 7) is 0.690. The fourth-order valence-electron chi connectivity index (χ4n) is 3.09. The molecule has 0 aliphatic rings. The average Bonchev–Trinajstić information content (AvgIpc) is 3.20. The van der Waals surface area contributed by atoms with Crippen molar-refractivity contribution < 1.29 is 23.0 Å². The lowest BCUT2D eigenvalue weighted by atomic mass is 10.3. The molecule has 2 amide bonds. The van der Waals surface area contributed by atoms with Crippen LogP contribution in [0.25, 0.3) is 5.82 Å². The van der Waals surface area contributed by atoms with Crippen LogP contribution in [0.3, 0.4) is 0 Å². The summed E-state index contributed by atoms with van der Waals surface area (Å²) < 4.78 is 36.7. The first-order valence-corrected chi connectivity index (χ1v) is 10.1. The van der Waals surface area contributed by atoms with Gasteiger partial charge in [-0.1, -0.05) is 6.07 Å². The predicted octanol–water partition coefficient (Wildman–Crippen LogP) is 5.32. The number of hydrogen-bond donors (Lipinski definition) is 2. The number of rotatable bonds is 7. The number of aromatic nitrogens is 4. The summed E-state index contributed by atoms with van der Waals surface area (Å²) in [5, 5.41) is 5.21. The number of alkyl halides is 2. The maximum atomic E-state index is 12.3. The van der Waals surface area contributed by atoms with Gasteiger partial charge in [-0.05, 0) is 50.2 Å². The molecule has 2 heterocycles. The van der Waals surface area contributed by atoms with Crippen LogP contribution in [0.1, 0.15) is 11.6 Å². The molecule has 0 saturated heterocycles. The van der Waals surface area contributed by atoms with Crippen molar-refractivity contribution in [1.82, 2.24) is 19.5 Å². The molecule has 2 N–H and O–H groups in total. The van der Waals surface area contributed by atoms with Crippen LogP contribution in [0.15, 0.2) is 67.0 Å². The zero-order valence-electron chi connectivity index (χ0n) is 18.2. The van der Waals surface area contributed by atoms with Gasteiger partial charge in [-0.15, -0.1) is 0 Å². The van der Waals surface area contributed by atoms with Crippen molar-refractivity contribution in [2.24, 2.45) is 0 Å². The van der Waals surface area contributed by atoms with Crippen LogP contribution < -0.4 is 20.1 Å². The van der Waals surface area contributed by atoms with Gasteiger partial charge in [0.05, 0.1) is 0 Å². The van der Waals surface area contributed by atoms with Crippen LogP contribution in [0.4, 0.5) is 25.0 Å². The first-order valence-electron chi connectivity index (χ1n) is 10.1. The highest BCUT2D eigenvalue weighted by atomic mass is 19.3. The standard InChI is InChI=1S/C23H20F2N6O3/c1-14-27-20(31-11-10-26-15(31)2)13-21(28-14)33-18-8-6-16(7-9-18)29-23(32)30-17-4-3-5-19(12-17)34-22(24)25/h3-13,22H,1-2H3,(H2,29,30,32). The molecule has 0 unspecified atom stereocenters. The van der Waals surface area contributed by atoms with E-state index in [-0.39, 0.29) is 5.75 Å². The molecule has 174 valence electrons. The second kappa shape index (κ2) is 9.94. The predicted molar refractivity (Wildman–Crippen MR) is 121 cm³/mol. The zero-order valence-corrected chi connectivity index (χ0v) is 18.2. The van der Waals surface area contributed by atoms with Crippen molar-refractivity contribution in [2.75, 3.05) is 10.6 Å². The van der Waals surface area contributed by atoms with E-state index in [1.54, 1.807) is 55.7 Å². The monoisotopic (exact) mass is 466 g/mol. The van der Waals surface area contributed by atoms with Crippen molar-refractivity contribution in [2.45, 2.75) is 20.5 Å². The number of halogens is 2. The number of carbonyl (C=O) groups is 1. The van der Waals surface area contributed by atoms with E-state index in [4.69, 9.17) is 4.74 Å². The van der Waals surface area contributed by atoms with E-state index in [1.165, 1.54) is 18.2 Å². The van der Waals surface area contributed by atoms with Crippen LogP contribution in [0.5, 0.6) is 17.4 Å². The summed E-state index contributed by atoms with van der Waals surface area (Å²) in [7, 11) is 0. The maximum absolute atomic E-state index is 12.3. The van der Waals surface area contributed by atoms with Gasteiger partial charge in [-0.2, -0.15) is 13.8 Å². The molecule has 0 saturated carbocycles. The van der Waals surface area contributed by atoms with Gasteiger partial charge in [0, 0.05) is 35.9 Å². The molecule has 11 heteroatoms. The zero-order chi connectivity index (χ0) is 24.1. The lowest BCUT2D eigenvalue weighted by molar-refractivity contribution is -0.0498. The lowest BCUT2D eigenvalue weighted by Crippen LogP contribution is -2.19. The third kappa shape index (κ3) is 5.82. The quantitative estimate of drug-likeness (QED) is 0.382. The van der Waals surface area contributed by atoms with E-state index in [0.29, 0.717) is 34.6 Å². The van der Waals surface area contributed by atoms with Crippen molar-refractivity contribution >= 4 is 17.4 Å². The number of anilines is 2. The van der Waals surface area contributed by atoms with E-state index in [0.717, 1.165) is 5.82 Å². The minimum absolute atomic E-state index is 0.0550. The molecule has 0 aliphatic carbocycles. The van der Waals surface area contributed by atoms with Crippen LogP contribution >= 0.6 is 0 Å². The van der Waals surface area contributed by atoms with Crippen LogP contribution in [-0.2, 0) is 0 Å². The van der Waals surface area contributed by atoms with E-state index >= 15 is 0 Å². The van der Waals surface area contributed by atoms with Gasteiger partial charge < -0.3 is 20.1 Å². The number of nitrogens with one attached hydrogen (secondary N) is 2. The SMILES string of the molecule is Cc1nc(Oc2ccc(NC(=O)Nc3cccc(OC(F)F)c3)cc2)cc(-n2ccnc2C)n1. The van der Waals surface area contributed by atoms with E-state index in [2.05, 4.69) is 30.3 Å². The Bertz CT molecular complexity index is 1290. The van der Waals surface area contributed by atoms with Gasteiger partial charge >= 0.3 is 12.6 Å². The average molecular weight is 466 g/mol. The Labute approximate surface area is 193 Å². The second-order valence-electron chi connectivity index (χ2n) is 7.07. The highest BCUT2D eigenvalue weighted by molar-refractivity contribution is 5.99. The van der Waals surface area contributed by atoms with Crippen molar-refractivity contribution in [3.63, 3.8) is 0 Å². The third-order valence-corrected chi connectivity index (χ3v) is 4.53. The van der Waals surface area contributed by atoms with Gasteiger partial charge in [-0.3, -0.25) is 4.57 Å². The number of aryl methyl sites for hydroxylation is 2. The van der Waals surface area contributed by atoms with E-state index in [1.807, 2.05) is 11.5 Å². The maximum Gasteiger partial charge on any atom is 0.387 e. The van der Waals surface area contributed by atoms with Gasteiger partial charge in [0.15, 0.2) is 0 Å². The van der Waals surface area contributed by atoms with E-state index in [9.17, 15) is 13.6 Å². The number of carbonyl (C=O) groups excluding carboxylic acids is 1. The van der Waals surface area contributed by atoms with Crippen molar-refractivity contribution in [1.29, 1.82) is 0 Å². The van der Waals surface area contributed by atoms with Crippen LogP contribution in [0, 0.1) is 13.8 Å². The lowest BCUT2D eigenvalue weighted by Gasteiger charge is -2.11. The van der Waals surface area contributed by atoms with Crippen LogP contribution in [0.2, 0.25) is 0 Å². The normalized spacial score (nSPS) is 10.7. The molecule has 2 aromatic heterocycles. The first-order chi connectivity index (χ1) is 16.4. The van der Waals surface area contributed by atoms with E-state index < -0.39 is 12.6 Å². The van der Waals surface area contributed by atoms with Crippen LogP contribution in [-0.4, -0.2) is 32.2 Å². The fraction of sp³-hybridized carbons (Fsp3) is 0.130. The summed E-state index contributed by atoms with van der Waals surface area (Å²) in [6.07, 6.45) is 3.48. The number of benzene rings is 2. The summed E-state index contributed by atoms with van der Waals surface area (Å²) in [5.41, 5.74) is 0.803. The Morgan fingerprint density at radius 2 is 1.74 bits per heavy atom. The van der Waals surface area contributed by atoms with Gasteiger partial charge in [0.25, 0.3) is 0 Å². The fourth-order valence-corrected chi connectivity index (χ4v) is 3.09.